The van der Waals surface area contributed by atoms with Crippen LogP contribution in [0.2, 0.25) is 0 Å². The molecule has 0 radical (unpaired) electrons. The fourth-order valence-electron chi connectivity index (χ4n) is 6.19. The molecule has 0 saturated heterocycles. The van der Waals surface area contributed by atoms with E-state index in [2.05, 4.69) is 50.3 Å². The van der Waals surface area contributed by atoms with Crippen LogP contribution < -0.4 is 5.11 Å². The molecule has 308 valence electrons. The SMILES string of the molecule is CCCCCCC/C=C/C=C/C=C/CCCCCCCC(=O)OC(COCCC(C(=O)[O-])[N+](C)(C)C)COC(=O)CCCCCCCCCCCCC. The summed E-state index contributed by atoms with van der Waals surface area (Å²) >= 11 is 0. The van der Waals surface area contributed by atoms with Crippen molar-refractivity contribution in [2.45, 2.75) is 193 Å². The Bertz CT molecular complexity index is 968. The van der Waals surface area contributed by atoms with Crippen molar-refractivity contribution in [1.29, 1.82) is 0 Å². The maximum absolute atomic E-state index is 12.7. The van der Waals surface area contributed by atoms with Gasteiger partial charge in [0, 0.05) is 19.3 Å². The van der Waals surface area contributed by atoms with E-state index < -0.39 is 18.1 Å². The number of aliphatic carboxylic acids is 1. The first-order valence-electron chi connectivity index (χ1n) is 21.5. The lowest BCUT2D eigenvalue weighted by atomic mass is 10.1. The van der Waals surface area contributed by atoms with Crippen molar-refractivity contribution in [3.63, 3.8) is 0 Å². The number of hydrogen-bond acceptors (Lipinski definition) is 7. The monoisotopic (exact) mass is 748 g/mol. The van der Waals surface area contributed by atoms with E-state index >= 15 is 0 Å². The zero-order valence-corrected chi connectivity index (χ0v) is 34.9. The Morgan fingerprint density at radius 1 is 0.566 bits per heavy atom. The Balaban J connectivity index is 4.39. The quantitative estimate of drug-likeness (QED) is 0.0268. The third kappa shape index (κ3) is 35.0. The van der Waals surface area contributed by atoms with Crippen LogP contribution in [0.15, 0.2) is 36.5 Å². The van der Waals surface area contributed by atoms with Crippen molar-refractivity contribution in [1.82, 2.24) is 0 Å². The molecule has 0 amide bonds. The molecule has 0 heterocycles. The van der Waals surface area contributed by atoms with Crippen LogP contribution >= 0.6 is 0 Å². The third-order valence-corrected chi connectivity index (χ3v) is 9.59. The number of nitrogens with zero attached hydrogens (tertiary/aromatic N) is 1. The number of esters is 2. The lowest BCUT2D eigenvalue weighted by Gasteiger charge is -2.34. The van der Waals surface area contributed by atoms with Crippen molar-refractivity contribution in [2.24, 2.45) is 0 Å². The van der Waals surface area contributed by atoms with Gasteiger partial charge in [0.2, 0.25) is 0 Å². The normalized spacial score (nSPS) is 13.3. The molecule has 0 aliphatic heterocycles. The Labute approximate surface area is 325 Å². The van der Waals surface area contributed by atoms with Crippen LogP contribution in [-0.4, -0.2) is 75.5 Å². The molecular weight excluding hydrogens is 666 g/mol. The topological polar surface area (TPSA) is 102 Å². The van der Waals surface area contributed by atoms with E-state index in [1.54, 1.807) is 21.1 Å². The number of unbranched alkanes of at least 4 members (excludes halogenated alkanes) is 20. The highest BCUT2D eigenvalue weighted by atomic mass is 16.6. The molecule has 0 aromatic heterocycles. The minimum absolute atomic E-state index is 0.0342. The van der Waals surface area contributed by atoms with Gasteiger partial charge in [0.05, 0.1) is 40.3 Å². The van der Waals surface area contributed by atoms with Crippen molar-refractivity contribution in [3.05, 3.63) is 36.5 Å². The largest absolute Gasteiger partial charge is 0.544 e. The summed E-state index contributed by atoms with van der Waals surface area (Å²) in [5, 5.41) is 11.6. The average molecular weight is 748 g/mol. The second-order valence-electron chi connectivity index (χ2n) is 15.6. The van der Waals surface area contributed by atoms with Gasteiger partial charge in [0.25, 0.3) is 0 Å². The number of hydrogen-bond donors (Lipinski definition) is 0. The zero-order valence-electron chi connectivity index (χ0n) is 34.9. The Kier molecular flexibility index (Phi) is 34.8. The first-order chi connectivity index (χ1) is 25.6. The van der Waals surface area contributed by atoms with Crippen LogP contribution in [-0.2, 0) is 28.6 Å². The van der Waals surface area contributed by atoms with Crippen LogP contribution in [0.3, 0.4) is 0 Å². The molecule has 0 aliphatic carbocycles. The number of ether oxygens (including phenoxy) is 3. The molecular formula is C45H81NO7. The minimum atomic E-state index is -1.13. The number of carbonyl (C=O) groups excluding carboxylic acids is 3. The molecule has 53 heavy (non-hydrogen) atoms. The zero-order chi connectivity index (χ0) is 39.3. The molecule has 0 rings (SSSR count). The fraction of sp³-hybridized carbons (Fsp3) is 0.800. The second kappa shape index (κ2) is 36.5. The van der Waals surface area contributed by atoms with Gasteiger partial charge >= 0.3 is 11.9 Å². The average Bonchev–Trinajstić information content (AvgIpc) is 3.11. The predicted molar refractivity (Wildman–Crippen MR) is 217 cm³/mol. The molecule has 8 nitrogen and oxygen atoms in total. The number of carboxylic acid groups (broad SMARTS) is 1. The van der Waals surface area contributed by atoms with Gasteiger partial charge < -0.3 is 28.6 Å². The number of quaternary nitrogens is 1. The summed E-state index contributed by atoms with van der Waals surface area (Å²) in [6, 6.07) is -0.727. The lowest BCUT2D eigenvalue weighted by molar-refractivity contribution is -0.889. The summed E-state index contributed by atoms with van der Waals surface area (Å²) in [6.45, 7) is 4.61. The molecule has 2 atom stereocenters. The number of rotatable bonds is 38. The molecule has 0 saturated carbocycles. The first-order valence-corrected chi connectivity index (χ1v) is 21.5. The predicted octanol–water partition coefficient (Wildman–Crippen LogP) is 10.1. The standard InChI is InChI=1S/C45H81NO7/c1-6-8-10-12-14-16-18-19-20-21-22-23-24-26-28-30-32-34-36-44(48)53-41(39-51-38-37-42(45(49)50)46(3,4)5)40-52-43(47)35-33-31-29-27-25-17-15-13-11-9-7-2/h18-23,41-42H,6-17,24-40H2,1-5H3/b19-18+,21-20+,23-22+. The maximum Gasteiger partial charge on any atom is 0.306 e. The summed E-state index contributed by atoms with van der Waals surface area (Å²) < 4.78 is 17.1. The Hall–Kier alpha value is -2.45. The molecule has 0 aliphatic rings. The number of allylic oxidation sites excluding steroid dienone is 6. The molecule has 8 heteroatoms. The molecule has 0 fully saturated rings. The third-order valence-electron chi connectivity index (χ3n) is 9.59. The highest BCUT2D eigenvalue weighted by Gasteiger charge is 2.25. The first kappa shape index (κ1) is 50.5. The van der Waals surface area contributed by atoms with Crippen LogP contribution in [0.4, 0.5) is 0 Å². The van der Waals surface area contributed by atoms with E-state index in [4.69, 9.17) is 14.2 Å². The van der Waals surface area contributed by atoms with Crippen molar-refractivity contribution in [2.75, 3.05) is 41.0 Å². The van der Waals surface area contributed by atoms with E-state index in [1.165, 1.54) is 83.5 Å². The molecule has 0 aromatic carbocycles. The summed E-state index contributed by atoms with van der Waals surface area (Å²) in [6.07, 6.45) is 40.2. The number of carboxylic acids is 1. The van der Waals surface area contributed by atoms with Gasteiger partial charge in [-0.2, -0.15) is 0 Å². The second-order valence-corrected chi connectivity index (χ2v) is 15.6. The minimum Gasteiger partial charge on any atom is -0.544 e. The van der Waals surface area contributed by atoms with E-state index in [-0.39, 0.29) is 42.7 Å². The molecule has 2 unspecified atom stereocenters. The van der Waals surface area contributed by atoms with Crippen molar-refractivity contribution in [3.8, 4) is 0 Å². The van der Waals surface area contributed by atoms with Gasteiger partial charge in [-0.1, -0.05) is 159 Å². The van der Waals surface area contributed by atoms with Gasteiger partial charge in [-0.05, 0) is 38.5 Å². The molecule has 0 aromatic rings. The van der Waals surface area contributed by atoms with Gasteiger partial charge in [-0.25, -0.2) is 0 Å². The fourth-order valence-corrected chi connectivity index (χ4v) is 6.19. The number of carbonyl (C=O) groups is 3. The summed E-state index contributed by atoms with van der Waals surface area (Å²) in [4.78, 5) is 36.8. The van der Waals surface area contributed by atoms with Gasteiger partial charge in [-0.3, -0.25) is 9.59 Å². The van der Waals surface area contributed by atoms with E-state index in [0.29, 0.717) is 12.8 Å². The van der Waals surface area contributed by atoms with Gasteiger partial charge in [0.15, 0.2) is 6.10 Å². The van der Waals surface area contributed by atoms with E-state index in [9.17, 15) is 19.5 Å². The van der Waals surface area contributed by atoms with Crippen molar-refractivity contribution < 1.29 is 38.2 Å². The summed E-state index contributed by atoms with van der Waals surface area (Å²) in [5.74, 6) is -1.76. The number of likely N-dealkylation sites (N-methyl/N-ethyl adjacent to an activating group) is 1. The maximum atomic E-state index is 12.7. The Morgan fingerprint density at radius 2 is 1.00 bits per heavy atom. The molecule has 0 N–H and O–H groups in total. The Morgan fingerprint density at radius 3 is 1.45 bits per heavy atom. The van der Waals surface area contributed by atoms with Gasteiger partial charge in [-0.15, -0.1) is 0 Å². The van der Waals surface area contributed by atoms with Crippen molar-refractivity contribution >= 4 is 17.9 Å². The molecule has 0 spiro atoms. The van der Waals surface area contributed by atoms with Crippen LogP contribution in [0.1, 0.15) is 181 Å². The van der Waals surface area contributed by atoms with E-state index in [0.717, 1.165) is 64.2 Å². The van der Waals surface area contributed by atoms with Crippen LogP contribution in [0.25, 0.3) is 0 Å². The smallest absolute Gasteiger partial charge is 0.306 e. The lowest BCUT2D eigenvalue weighted by Crippen LogP contribution is -2.55. The summed E-state index contributed by atoms with van der Waals surface area (Å²) in [5.41, 5.74) is 0. The van der Waals surface area contributed by atoms with E-state index in [1.807, 2.05) is 0 Å². The highest BCUT2D eigenvalue weighted by Crippen LogP contribution is 2.14. The molecule has 0 bridgehead atoms. The van der Waals surface area contributed by atoms with Crippen LogP contribution in [0, 0.1) is 0 Å². The highest BCUT2D eigenvalue weighted by molar-refractivity contribution is 5.70. The summed E-state index contributed by atoms with van der Waals surface area (Å²) in [7, 11) is 5.39. The van der Waals surface area contributed by atoms with Gasteiger partial charge in [0.1, 0.15) is 12.6 Å². The van der Waals surface area contributed by atoms with Crippen LogP contribution in [0.5, 0.6) is 0 Å².